The highest BCUT2D eigenvalue weighted by Crippen LogP contribution is 2.19. The first-order valence-electron chi connectivity index (χ1n) is 5.08. The number of nitrogens with two attached hydrogens (primary N) is 1. The van der Waals surface area contributed by atoms with E-state index in [4.69, 9.17) is 5.73 Å². The van der Waals surface area contributed by atoms with Gasteiger partial charge in [-0.2, -0.15) is 0 Å². The monoisotopic (exact) mass is 227 g/mol. The van der Waals surface area contributed by atoms with Crippen LogP contribution in [0, 0.1) is 6.92 Å². The van der Waals surface area contributed by atoms with Crippen molar-refractivity contribution in [3.8, 4) is 0 Å². The van der Waals surface area contributed by atoms with Gasteiger partial charge in [0.2, 0.25) is 0 Å². The van der Waals surface area contributed by atoms with Gasteiger partial charge in [-0.1, -0.05) is 24.7 Å². The van der Waals surface area contributed by atoms with Crippen molar-refractivity contribution >= 4 is 22.4 Å². The molecule has 0 aliphatic rings. The van der Waals surface area contributed by atoms with Crippen LogP contribution < -0.4 is 11.1 Å². The number of nitrogens with one attached hydrogen (secondary N) is 1. The van der Waals surface area contributed by atoms with E-state index in [9.17, 15) is 4.79 Å². The molecule has 1 aromatic heterocycles. The molecule has 0 radical (unpaired) electrons. The standard InChI is InChI=1S/C10H17N3OS/c1-4-5-6(2)12-9(14)8-7(3)13-10(11)15-8/h6H,4-5H2,1-3H3,(H2,11,13)(H,12,14). The maximum atomic E-state index is 11.8. The lowest BCUT2D eigenvalue weighted by molar-refractivity contribution is 0.0941. The smallest absolute Gasteiger partial charge is 0.263 e. The highest BCUT2D eigenvalue weighted by Gasteiger charge is 2.15. The molecule has 0 saturated carbocycles. The van der Waals surface area contributed by atoms with E-state index in [-0.39, 0.29) is 11.9 Å². The molecule has 4 nitrogen and oxygen atoms in total. The lowest BCUT2D eigenvalue weighted by atomic mass is 10.2. The van der Waals surface area contributed by atoms with Gasteiger partial charge in [-0.05, 0) is 20.3 Å². The summed E-state index contributed by atoms with van der Waals surface area (Å²) < 4.78 is 0. The molecule has 0 fully saturated rings. The number of nitrogen functional groups attached to an aromatic ring is 1. The molecule has 0 aliphatic heterocycles. The van der Waals surface area contributed by atoms with Gasteiger partial charge < -0.3 is 11.1 Å². The number of amides is 1. The normalized spacial score (nSPS) is 12.5. The van der Waals surface area contributed by atoms with Gasteiger partial charge in [0.25, 0.3) is 5.91 Å². The third-order valence-electron chi connectivity index (χ3n) is 2.12. The maximum absolute atomic E-state index is 11.8. The van der Waals surface area contributed by atoms with E-state index in [1.54, 1.807) is 6.92 Å². The molecule has 0 aromatic carbocycles. The van der Waals surface area contributed by atoms with Crippen molar-refractivity contribution in [3.63, 3.8) is 0 Å². The van der Waals surface area contributed by atoms with Crippen LogP contribution in [0.1, 0.15) is 42.1 Å². The molecule has 1 rings (SSSR count). The Hall–Kier alpha value is -1.10. The van der Waals surface area contributed by atoms with Crippen LogP contribution in [-0.4, -0.2) is 16.9 Å². The fraction of sp³-hybridized carbons (Fsp3) is 0.600. The second kappa shape index (κ2) is 5.11. The zero-order valence-electron chi connectivity index (χ0n) is 9.33. The minimum Gasteiger partial charge on any atom is -0.375 e. The molecular weight excluding hydrogens is 210 g/mol. The molecule has 1 heterocycles. The van der Waals surface area contributed by atoms with Crippen molar-refractivity contribution in [3.05, 3.63) is 10.6 Å². The Kier molecular flexibility index (Phi) is 4.08. The molecule has 1 atom stereocenters. The van der Waals surface area contributed by atoms with Crippen molar-refractivity contribution in [2.45, 2.75) is 39.7 Å². The van der Waals surface area contributed by atoms with Crippen LogP contribution in [0.5, 0.6) is 0 Å². The maximum Gasteiger partial charge on any atom is 0.263 e. The first kappa shape index (κ1) is 12.0. The van der Waals surface area contributed by atoms with Gasteiger partial charge in [-0.25, -0.2) is 4.98 Å². The van der Waals surface area contributed by atoms with Crippen LogP contribution in [0.25, 0.3) is 0 Å². The number of carbonyl (C=O) groups excluding carboxylic acids is 1. The van der Waals surface area contributed by atoms with Crippen LogP contribution in [0.3, 0.4) is 0 Å². The molecule has 0 aliphatic carbocycles. The predicted octanol–water partition coefficient (Wildman–Crippen LogP) is 1.95. The van der Waals surface area contributed by atoms with Crippen molar-refractivity contribution < 1.29 is 4.79 Å². The van der Waals surface area contributed by atoms with Gasteiger partial charge in [-0.15, -0.1) is 0 Å². The molecule has 0 saturated heterocycles. The van der Waals surface area contributed by atoms with Crippen LogP contribution in [-0.2, 0) is 0 Å². The number of rotatable bonds is 4. The van der Waals surface area contributed by atoms with E-state index in [1.165, 1.54) is 11.3 Å². The van der Waals surface area contributed by atoms with Crippen molar-refractivity contribution in [1.29, 1.82) is 0 Å². The Morgan fingerprint density at radius 1 is 1.67 bits per heavy atom. The van der Waals surface area contributed by atoms with E-state index in [1.807, 2.05) is 6.92 Å². The Morgan fingerprint density at radius 2 is 2.33 bits per heavy atom. The van der Waals surface area contributed by atoms with E-state index >= 15 is 0 Å². The number of hydrogen-bond acceptors (Lipinski definition) is 4. The fourth-order valence-electron chi connectivity index (χ4n) is 1.42. The molecule has 15 heavy (non-hydrogen) atoms. The summed E-state index contributed by atoms with van der Waals surface area (Å²) in [5.74, 6) is -0.0670. The quantitative estimate of drug-likeness (QED) is 0.826. The van der Waals surface area contributed by atoms with Crippen molar-refractivity contribution in [2.75, 3.05) is 5.73 Å². The number of thiazole rings is 1. The number of aryl methyl sites for hydroxylation is 1. The first-order valence-corrected chi connectivity index (χ1v) is 5.90. The molecule has 0 bridgehead atoms. The third kappa shape index (κ3) is 3.20. The van der Waals surface area contributed by atoms with Gasteiger partial charge in [0.1, 0.15) is 4.88 Å². The summed E-state index contributed by atoms with van der Waals surface area (Å²) in [5, 5.41) is 3.37. The number of carbonyl (C=O) groups is 1. The molecule has 0 spiro atoms. The number of anilines is 1. The Morgan fingerprint density at radius 3 is 2.80 bits per heavy atom. The van der Waals surface area contributed by atoms with Gasteiger partial charge in [0.05, 0.1) is 5.69 Å². The summed E-state index contributed by atoms with van der Waals surface area (Å²) in [6.07, 6.45) is 2.05. The third-order valence-corrected chi connectivity index (χ3v) is 3.10. The highest BCUT2D eigenvalue weighted by molar-refractivity contribution is 7.17. The summed E-state index contributed by atoms with van der Waals surface area (Å²) in [6, 6.07) is 0.199. The van der Waals surface area contributed by atoms with E-state index < -0.39 is 0 Å². The number of hydrogen-bond donors (Lipinski definition) is 2. The van der Waals surface area contributed by atoms with E-state index in [0.717, 1.165) is 12.8 Å². The van der Waals surface area contributed by atoms with Crippen LogP contribution >= 0.6 is 11.3 Å². The second-order valence-corrected chi connectivity index (χ2v) is 4.66. The molecule has 84 valence electrons. The summed E-state index contributed by atoms with van der Waals surface area (Å²) in [5.41, 5.74) is 6.24. The highest BCUT2D eigenvalue weighted by atomic mass is 32.1. The van der Waals surface area contributed by atoms with Crippen LogP contribution in [0.15, 0.2) is 0 Å². The Labute approximate surface area is 93.9 Å². The molecule has 3 N–H and O–H groups in total. The first-order chi connectivity index (χ1) is 7.04. The minimum atomic E-state index is -0.0670. The lowest BCUT2D eigenvalue weighted by Crippen LogP contribution is -2.32. The topological polar surface area (TPSA) is 68.0 Å². The predicted molar refractivity (Wildman–Crippen MR) is 63.1 cm³/mol. The summed E-state index contributed by atoms with van der Waals surface area (Å²) in [4.78, 5) is 16.4. The van der Waals surface area contributed by atoms with Gasteiger partial charge in [0, 0.05) is 6.04 Å². The molecule has 1 unspecified atom stereocenters. The average molecular weight is 227 g/mol. The van der Waals surface area contributed by atoms with Gasteiger partial charge >= 0.3 is 0 Å². The number of nitrogens with zero attached hydrogens (tertiary/aromatic N) is 1. The number of aromatic nitrogens is 1. The van der Waals surface area contributed by atoms with Crippen LogP contribution in [0.4, 0.5) is 5.13 Å². The Balaban J connectivity index is 2.65. The fourth-order valence-corrected chi connectivity index (χ4v) is 2.16. The lowest BCUT2D eigenvalue weighted by Gasteiger charge is -2.11. The SMILES string of the molecule is CCCC(C)NC(=O)c1sc(N)nc1C. The zero-order valence-corrected chi connectivity index (χ0v) is 10.1. The minimum absolute atomic E-state index is 0.0670. The average Bonchev–Trinajstić information content (AvgIpc) is 2.45. The second-order valence-electron chi connectivity index (χ2n) is 3.63. The van der Waals surface area contributed by atoms with E-state index in [2.05, 4.69) is 17.2 Å². The molecule has 1 amide bonds. The van der Waals surface area contributed by atoms with E-state index in [0.29, 0.717) is 15.7 Å². The molecular formula is C10H17N3OS. The van der Waals surface area contributed by atoms with Gasteiger partial charge in [-0.3, -0.25) is 4.79 Å². The zero-order chi connectivity index (χ0) is 11.4. The van der Waals surface area contributed by atoms with Crippen molar-refractivity contribution in [1.82, 2.24) is 10.3 Å². The van der Waals surface area contributed by atoms with Gasteiger partial charge in [0.15, 0.2) is 5.13 Å². The molecule has 1 aromatic rings. The van der Waals surface area contributed by atoms with Crippen LogP contribution in [0.2, 0.25) is 0 Å². The summed E-state index contributed by atoms with van der Waals surface area (Å²) in [6.45, 7) is 5.89. The molecule has 5 heteroatoms. The Bertz CT molecular complexity index is 348. The van der Waals surface area contributed by atoms with Crippen molar-refractivity contribution in [2.24, 2.45) is 0 Å². The summed E-state index contributed by atoms with van der Waals surface area (Å²) in [7, 11) is 0. The largest absolute Gasteiger partial charge is 0.375 e. The summed E-state index contributed by atoms with van der Waals surface area (Å²) >= 11 is 1.24.